The lowest BCUT2D eigenvalue weighted by Crippen LogP contribution is -2.19. The molecule has 0 aliphatic rings. The SMILES string of the molecule is CCCn1c(-c2cccc(Br)c2F)nnc1S(N)(=O)=O. The highest BCUT2D eigenvalue weighted by Crippen LogP contribution is 2.27. The summed E-state index contributed by atoms with van der Waals surface area (Å²) in [6.07, 6.45) is 0.628. The highest BCUT2D eigenvalue weighted by molar-refractivity contribution is 9.10. The maximum atomic E-state index is 14.1. The molecule has 0 bridgehead atoms. The second kappa shape index (κ2) is 5.58. The Bertz CT molecular complexity index is 745. The Balaban J connectivity index is 2.69. The molecular formula is C11H12BrFN4O2S. The fourth-order valence-corrected chi connectivity index (χ4v) is 2.81. The van der Waals surface area contributed by atoms with Crippen LogP contribution in [0.25, 0.3) is 11.4 Å². The molecule has 9 heteroatoms. The highest BCUT2D eigenvalue weighted by Gasteiger charge is 2.23. The first-order chi connectivity index (χ1) is 9.36. The number of hydrogen-bond donors (Lipinski definition) is 1. The summed E-state index contributed by atoms with van der Waals surface area (Å²) < 4.78 is 38.6. The number of nitrogens with two attached hydrogens (primary N) is 1. The van der Waals surface area contributed by atoms with E-state index >= 15 is 0 Å². The van der Waals surface area contributed by atoms with Gasteiger partial charge in [-0.2, -0.15) is 0 Å². The molecule has 0 saturated carbocycles. The van der Waals surface area contributed by atoms with Crippen LogP contribution in [-0.4, -0.2) is 23.2 Å². The first-order valence-corrected chi connectivity index (χ1v) is 8.10. The zero-order valence-electron chi connectivity index (χ0n) is 10.5. The number of primary sulfonamides is 1. The van der Waals surface area contributed by atoms with Crippen molar-refractivity contribution in [2.24, 2.45) is 5.14 Å². The third-order valence-corrected chi connectivity index (χ3v) is 4.03. The molecule has 0 aliphatic carbocycles. The lowest BCUT2D eigenvalue weighted by molar-refractivity contribution is 0.558. The van der Waals surface area contributed by atoms with Crippen LogP contribution in [-0.2, 0) is 16.6 Å². The second-order valence-corrected chi connectivity index (χ2v) is 6.41. The van der Waals surface area contributed by atoms with Crippen molar-refractivity contribution >= 4 is 26.0 Å². The van der Waals surface area contributed by atoms with Crippen molar-refractivity contribution in [3.63, 3.8) is 0 Å². The van der Waals surface area contributed by atoms with Gasteiger partial charge in [-0.1, -0.05) is 13.0 Å². The Hall–Kier alpha value is -1.32. The molecule has 1 aromatic carbocycles. The fraction of sp³-hybridized carbons (Fsp3) is 0.273. The molecule has 0 radical (unpaired) electrons. The van der Waals surface area contributed by atoms with Crippen LogP contribution in [0.2, 0.25) is 0 Å². The monoisotopic (exact) mass is 362 g/mol. The second-order valence-electron chi connectivity index (χ2n) is 4.10. The quantitative estimate of drug-likeness (QED) is 0.898. The lowest BCUT2D eigenvalue weighted by atomic mass is 10.2. The van der Waals surface area contributed by atoms with Crippen LogP contribution in [0.3, 0.4) is 0 Å². The average Bonchev–Trinajstić information content (AvgIpc) is 2.77. The molecular weight excluding hydrogens is 351 g/mol. The van der Waals surface area contributed by atoms with Gasteiger partial charge in [-0.25, -0.2) is 17.9 Å². The van der Waals surface area contributed by atoms with Gasteiger partial charge in [0, 0.05) is 6.54 Å². The predicted molar refractivity (Wildman–Crippen MR) is 74.8 cm³/mol. The third kappa shape index (κ3) is 2.74. The maximum absolute atomic E-state index is 14.1. The number of halogens is 2. The van der Waals surface area contributed by atoms with Crippen molar-refractivity contribution in [2.45, 2.75) is 25.0 Å². The summed E-state index contributed by atoms with van der Waals surface area (Å²) in [7, 11) is -4.01. The van der Waals surface area contributed by atoms with Crippen LogP contribution in [0.15, 0.2) is 27.8 Å². The van der Waals surface area contributed by atoms with Crippen LogP contribution >= 0.6 is 15.9 Å². The van der Waals surface area contributed by atoms with Gasteiger partial charge in [-0.3, -0.25) is 4.57 Å². The molecule has 1 heterocycles. The molecule has 0 spiro atoms. The molecule has 108 valence electrons. The van der Waals surface area contributed by atoms with Gasteiger partial charge >= 0.3 is 0 Å². The van der Waals surface area contributed by atoms with E-state index in [-0.39, 0.29) is 21.0 Å². The van der Waals surface area contributed by atoms with Crippen LogP contribution in [0.4, 0.5) is 4.39 Å². The predicted octanol–water partition coefficient (Wildman–Crippen LogP) is 1.90. The van der Waals surface area contributed by atoms with E-state index < -0.39 is 15.8 Å². The molecule has 20 heavy (non-hydrogen) atoms. The minimum absolute atomic E-state index is 0.134. The largest absolute Gasteiger partial charge is 0.297 e. The number of benzene rings is 1. The summed E-state index contributed by atoms with van der Waals surface area (Å²) >= 11 is 3.08. The Morgan fingerprint density at radius 2 is 2.10 bits per heavy atom. The van der Waals surface area contributed by atoms with Gasteiger partial charge in [0.2, 0.25) is 0 Å². The molecule has 0 saturated heterocycles. The Labute approximate surface area is 124 Å². The Morgan fingerprint density at radius 1 is 1.40 bits per heavy atom. The molecule has 0 aliphatic heterocycles. The molecule has 2 N–H and O–H groups in total. The van der Waals surface area contributed by atoms with E-state index in [1.807, 2.05) is 6.92 Å². The van der Waals surface area contributed by atoms with E-state index in [2.05, 4.69) is 26.1 Å². The van der Waals surface area contributed by atoms with Crippen molar-refractivity contribution in [2.75, 3.05) is 0 Å². The van der Waals surface area contributed by atoms with Crippen LogP contribution < -0.4 is 5.14 Å². The fourth-order valence-electron chi connectivity index (χ4n) is 1.80. The van der Waals surface area contributed by atoms with Crippen molar-refractivity contribution in [3.05, 3.63) is 28.5 Å². The van der Waals surface area contributed by atoms with Gasteiger partial charge in [0.05, 0.1) is 10.0 Å². The topological polar surface area (TPSA) is 90.9 Å². The van der Waals surface area contributed by atoms with E-state index in [0.717, 1.165) is 0 Å². The van der Waals surface area contributed by atoms with Gasteiger partial charge in [0.1, 0.15) is 5.82 Å². The maximum Gasteiger partial charge on any atom is 0.273 e. The summed E-state index contributed by atoms with van der Waals surface area (Å²) in [4.78, 5) is 0. The molecule has 2 rings (SSSR count). The molecule has 0 fully saturated rings. The van der Waals surface area contributed by atoms with Gasteiger partial charge in [0.15, 0.2) is 5.82 Å². The molecule has 1 aromatic heterocycles. The first kappa shape index (κ1) is 15.1. The number of hydrogen-bond acceptors (Lipinski definition) is 4. The number of rotatable bonds is 4. The molecule has 2 aromatic rings. The summed E-state index contributed by atoms with van der Waals surface area (Å²) in [5.41, 5.74) is 0.162. The Morgan fingerprint density at radius 3 is 2.70 bits per heavy atom. The van der Waals surface area contributed by atoms with Crippen molar-refractivity contribution in [3.8, 4) is 11.4 Å². The zero-order chi connectivity index (χ0) is 14.9. The van der Waals surface area contributed by atoms with Crippen LogP contribution in [0.1, 0.15) is 13.3 Å². The van der Waals surface area contributed by atoms with Crippen molar-refractivity contribution in [1.29, 1.82) is 0 Å². The summed E-state index contributed by atoms with van der Waals surface area (Å²) in [6.45, 7) is 2.17. The number of nitrogens with zero attached hydrogens (tertiary/aromatic N) is 3. The molecule has 6 nitrogen and oxygen atoms in total. The van der Waals surface area contributed by atoms with Gasteiger partial charge in [-0.05, 0) is 34.5 Å². The summed E-state index contributed by atoms with van der Waals surface area (Å²) in [5.74, 6) is -0.395. The van der Waals surface area contributed by atoms with Crippen LogP contribution in [0, 0.1) is 5.82 Å². The summed E-state index contributed by atoms with van der Waals surface area (Å²) in [6, 6.07) is 4.67. The lowest BCUT2D eigenvalue weighted by Gasteiger charge is -2.09. The Kier molecular flexibility index (Phi) is 4.21. The minimum Gasteiger partial charge on any atom is -0.297 e. The van der Waals surface area contributed by atoms with E-state index in [0.29, 0.717) is 13.0 Å². The van der Waals surface area contributed by atoms with Gasteiger partial charge in [0.25, 0.3) is 15.2 Å². The van der Waals surface area contributed by atoms with Crippen molar-refractivity contribution < 1.29 is 12.8 Å². The van der Waals surface area contributed by atoms with Crippen LogP contribution in [0.5, 0.6) is 0 Å². The summed E-state index contributed by atoms with van der Waals surface area (Å²) in [5, 5.41) is 12.1. The number of sulfonamides is 1. The standard InChI is InChI=1S/C11H12BrFN4O2S/c1-2-6-17-10(15-16-11(17)20(14,18)19)7-4-3-5-8(12)9(7)13/h3-5H,2,6H2,1H3,(H2,14,18,19). The molecule has 0 unspecified atom stereocenters. The minimum atomic E-state index is -4.01. The van der Waals surface area contributed by atoms with Gasteiger partial charge < -0.3 is 0 Å². The zero-order valence-corrected chi connectivity index (χ0v) is 12.9. The van der Waals surface area contributed by atoms with E-state index in [9.17, 15) is 12.8 Å². The third-order valence-electron chi connectivity index (χ3n) is 2.61. The average molecular weight is 363 g/mol. The van der Waals surface area contributed by atoms with E-state index in [4.69, 9.17) is 5.14 Å². The molecule has 0 amide bonds. The van der Waals surface area contributed by atoms with E-state index in [1.165, 1.54) is 10.6 Å². The number of aromatic nitrogens is 3. The molecule has 0 atom stereocenters. The van der Waals surface area contributed by atoms with E-state index in [1.54, 1.807) is 12.1 Å². The van der Waals surface area contributed by atoms with Gasteiger partial charge in [-0.15, -0.1) is 10.2 Å². The van der Waals surface area contributed by atoms with Crippen molar-refractivity contribution in [1.82, 2.24) is 14.8 Å². The first-order valence-electron chi connectivity index (χ1n) is 5.76. The normalized spacial score (nSPS) is 11.8. The highest BCUT2D eigenvalue weighted by atomic mass is 79.9. The smallest absolute Gasteiger partial charge is 0.273 e.